The summed E-state index contributed by atoms with van der Waals surface area (Å²) in [4.78, 5) is 42.0. The first-order valence-corrected chi connectivity index (χ1v) is 9.99. The molecule has 1 atom stereocenters. The number of para-hydroxylation sites is 1. The van der Waals surface area contributed by atoms with Crippen LogP contribution < -0.4 is 10.9 Å². The van der Waals surface area contributed by atoms with E-state index < -0.39 is 11.8 Å². The molecule has 8 nitrogen and oxygen atoms in total. The van der Waals surface area contributed by atoms with Gasteiger partial charge in [0.15, 0.2) is 5.16 Å². The van der Waals surface area contributed by atoms with Crippen LogP contribution in [-0.2, 0) is 16.6 Å². The Morgan fingerprint density at radius 3 is 2.69 bits per heavy atom. The summed E-state index contributed by atoms with van der Waals surface area (Å²) >= 11 is 1.11. The molecule has 0 spiro atoms. The first-order chi connectivity index (χ1) is 13.9. The average Bonchev–Trinajstić information content (AvgIpc) is 3.12. The fourth-order valence-electron chi connectivity index (χ4n) is 2.99. The molecule has 0 saturated heterocycles. The highest BCUT2D eigenvalue weighted by Gasteiger charge is 2.19. The highest BCUT2D eigenvalue weighted by Crippen LogP contribution is 2.21. The van der Waals surface area contributed by atoms with Crippen molar-refractivity contribution >= 4 is 34.5 Å². The van der Waals surface area contributed by atoms with Crippen molar-refractivity contribution in [2.24, 2.45) is 7.05 Å². The van der Waals surface area contributed by atoms with Crippen molar-refractivity contribution in [2.75, 3.05) is 19.5 Å². The first kappa shape index (κ1) is 20.8. The fraction of sp³-hybridized carbons (Fsp3) is 0.300. The van der Waals surface area contributed by atoms with Gasteiger partial charge in [-0.25, -0.2) is 4.98 Å². The van der Waals surface area contributed by atoms with E-state index in [9.17, 15) is 14.4 Å². The van der Waals surface area contributed by atoms with E-state index in [4.69, 9.17) is 4.74 Å². The summed E-state index contributed by atoms with van der Waals surface area (Å²) in [5, 5.41) is 3.27. The van der Waals surface area contributed by atoms with Gasteiger partial charge in [-0.1, -0.05) is 23.9 Å². The van der Waals surface area contributed by atoms with Gasteiger partial charge in [0.25, 0.3) is 11.5 Å². The molecule has 29 heavy (non-hydrogen) atoms. The number of hydrogen-bond acceptors (Lipinski definition) is 6. The third kappa shape index (κ3) is 4.57. The molecule has 1 unspecified atom stereocenters. The molecule has 2 aromatic heterocycles. The number of carbonyl (C=O) groups excluding carboxylic acids is 2. The van der Waals surface area contributed by atoms with Crippen LogP contribution in [0.15, 0.2) is 52.5 Å². The molecular weight excluding hydrogens is 392 g/mol. The number of nitrogens with one attached hydrogen (secondary N) is 1. The molecule has 0 aliphatic carbocycles. The van der Waals surface area contributed by atoms with Crippen LogP contribution in [0.25, 0.3) is 10.9 Å². The van der Waals surface area contributed by atoms with Crippen LogP contribution in [0.3, 0.4) is 0 Å². The molecule has 3 rings (SSSR count). The zero-order chi connectivity index (χ0) is 21.0. The highest BCUT2D eigenvalue weighted by atomic mass is 32.2. The molecule has 1 N–H and O–H groups in total. The predicted octanol–water partition coefficient (Wildman–Crippen LogP) is 1.99. The summed E-state index contributed by atoms with van der Waals surface area (Å²) in [6, 6.07) is 10.2. The summed E-state index contributed by atoms with van der Waals surface area (Å²) in [6.07, 6.45) is 1.73. The van der Waals surface area contributed by atoms with E-state index in [1.165, 1.54) is 4.57 Å². The van der Waals surface area contributed by atoms with Crippen molar-refractivity contribution in [3.05, 3.63) is 58.6 Å². The minimum absolute atomic E-state index is 0.0549. The minimum Gasteiger partial charge on any atom is -0.383 e. The summed E-state index contributed by atoms with van der Waals surface area (Å²) in [5.41, 5.74) is 0.752. The van der Waals surface area contributed by atoms with Crippen LogP contribution in [0.5, 0.6) is 0 Å². The fourth-order valence-corrected chi connectivity index (χ4v) is 3.88. The molecule has 0 aliphatic heterocycles. The van der Waals surface area contributed by atoms with E-state index in [1.54, 1.807) is 61.3 Å². The molecule has 2 amide bonds. The standard InChI is InChI=1S/C20H22N4O4S/c1-13(11-28-3)24-19(27)14-7-4-5-8-15(14)21-20(24)29-12-17(25)22-18(26)16-9-6-10-23(16)2/h4-10,13H,11-12H2,1-3H3,(H,22,25,26). The van der Waals surface area contributed by atoms with Crippen LogP contribution >= 0.6 is 11.8 Å². The average molecular weight is 414 g/mol. The third-order valence-electron chi connectivity index (χ3n) is 4.39. The quantitative estimate of drug-likeness (QED) is 0.469. The van der Waals surface area contributed by atoms with Crippen molar-refractivity contribution in [1.29, 1.82) is 0 Å². The zero-order valence-electron chi connectivity index (χ0n) is 16.4. The maximum Gasteiger partial charge on any atom is 0.274 e. The number of hydrogen-bond donors (Lipinski definition) is 1. The number of thioether (sulfide) groups is 1. The number of carbonyl (C=O) groups is 2. The molecule has 0 bridgehead atoms. The smallest absolute Gasteiger partial charge is 0.274 e. The number of amides is 2. The second-order valence-corrected chi connectivity index (χ2v) is 7.50. The maximum absolute atomic E-state index is 13.0. The molecule has 152 valence electrons. The van der Waals surface area contributed by atoms with Crippen molar-refractivity contribution in [2.45, 2.75) is 18.1 Å². The number of ether oxygens (including phenoxy) is 1. The van der Waals surface area contributed by atoms with Crippen molar-refractivity contribution in [1.82, 2.24) is 19.4 Å². The Labute approximate surface area is 171 Å². The van der Waals surface area contributed by atoms with Crippen LogP contribution in [0.4, 0.5) is 0 Å². The maximum atomic E-state index is 13.0. The van der Waals surface area contributed by atoms with Crippen LogP contribution in [0, 0.1) is 0 Å². The minimum atomic E-state index is -0.472. The molecular formula is C20H22N4O4S. The lowest BCUT2D eigenvalue weighted by molar-refractivity contribution is -0.117. The van der Waals surface area contributed by atoms with E-state index in [1.807, 2.05) is 6.92 Å². The number of nitrogens with zero attached hydrogens (tertiary/aromatic N) is 3. The zero-order valence-corrected chi connectivity index (χ0v) is 17.2. The summed E-state index contributed by atoms with van der Waals surface area (Å²) < 4.78 is 8.35. The highest BCUT2D eigenvalue weighted by molar-refractivity contribution is 7.99. The Morgan fingerprint density at radius 2 is 2.00 bits per heavy atom. The second kappa shape index (κ2) is 9.06. The van der Waals surface area contributed by atoms with Gasteiger partial charge in [0.05, 0.1) is 29.3 Å². The van der Waals surface area contributed by atoms with Gasteiger partial charge in [-0.2, -0.15) is 0 Å². The summed E-state index contributed by atoms with van der Waals surface area (Å²) in [5.74, 6) is -0.991. The molecule has 0 fully saturated rings. The molecule has 0 saturated carbocycles. The van der Waals surface area contributed by atoms with Crippen molar-refractivity contribution < 1.29 is 14.3 Å². The number of benzene rings is 1. The summed E-state index contributed by atoms with van der Waals surface area (Å²) in [6.45, 7) is 2.18. The van der Waals surface area contributed by atoms with E-state index in [0.29, 0.717) is 28.4 Å². The Hall–Kier alpha value is -2.91. The predicted molar refractivity (Wildman–Crippen MR) is 111 cm³/mol. The van der Waals surface area contributed by atoms with E-state index in [0.717, 1.165) is 11.8 Å². The van der Waals surface area contributed by atoms with Gasteiger partial charge >= 0.3 is 0 Å². The van der Waals surface area contributed by atoms with Crippen molar-refractivity contribution in [3.8, 4) is 0 Å². The van der Waals surface area contributed by atoms with E-state index in [-0.39, 0.29) is 17.4 Å². The lowest BCUT2D eigenvalue weighted by atomic mass is 10.2. The number of methoxy groups -OCH3 is 1. The van der Waals surface area contributed by atoms with Crippen LogP contribution in [0.1, 0.15) is 23.5 Å². The lowest BCUT2D eigenvalue weighted by Crippen LogP contribution is -2.33. The Balaban J connectivity index is 1.82. The topological polar surface area (TPSA) is 95.2 Å². The van der Waals surface area contributed by atoms with Gasteiger partial charge in [0, 0.05) is 20.4 Å². The normalized spacial score (nSPS) is 12.1. The Bertz CT molecular complexity index is 1110. The van der Waals surface area contributed by atoms with E-state index >= 15 is 0 Å². The molecule has 0 radical (unpaired) electrons. The Morgan fingerprint density at radius 1 is 1.24 bits per heavy atom. The van der Waals surface area contributed by atoms with Crippen LogP contribution in [-0.4, -0.2) is 45.4 Å². The largest absolute Gasteiger partial charge is 0.383 e. The van der Waals surface area contributed by atoms with Gasteiger partial charge in [0.1, 0.15) is 5.69 Å². The monoisotopic (exact) mass is 414 g/mol. The van der Waals surface area contributed by atoms with Gasteiger partial charge < -0.3 is 9.30 Å². The van der Waals surface area contributed by atoms with Crippen LogP contribution in [0.2, 0.25) is 0 Å². The van der Waals surface area contributed by atoms with E-state index in [2.05, 4.69) is 10.3 Å². The summed E-state index contributed by atoms with van der Waals surface area (Å²) in [7, 11) is 3.29. The number of rotatable bonds is 7. The number of fused-ring (bicyclic) bond motifs is 1. The molecule has 3 aromatic rings. The lowest BCUT2D eigenvalue weighted by Gasteiger charge is -2.18. The number of imide groups is 1. The first-order valence-electron chi connectivity index (χ1n) is 9.01. The van der Waals surface area contributed by atoms with Gasteiger partial charge in [-0.05, 0) is 31.2 Å². The number of aryl methyl sites for hydroxylation is 1. The second-order valence-electron chi connectivity index (χ2n) is 6.56. The SMILES string of the molecule is COCC(C)n1c(SCC(=O)NC(=O)c2cccn2C)nc2ccccc2c1=O. The van der Waals surface area contributed by atoms with Gasteiger partial charge in [0.2, 0.25) is 5.91 Å². The van der Waals surface area contributed by atoms with Gasteiger partial charge in [-0.15, -0.1) is 0 Å². The van der Waals surface area contributed by atoms with Crippen molar-refractivity contribution in [3.63, 3.8) is 0 Å². The molecule has 9 heteroatoms. The molecule has 0 aliphatic rings. The molecule has 2 heterocycles. The third-order valence-corrected chi connectivity index (χ3v) is 5.34. The Kier molecular flexibility index (Phi) is 6.50. The van der Waals surface area contributed by atoms with Gasteiger partial charge in [-0.3, -0.25) is 24.3 Å². The number of aromatic nitrogens is 3. The molecule has 1 aromatic carbocycles.